The summed E-state index contributed by atoms with van der Waals surface area (Å²) in [6.07, 6.45) is 0. The van der Waals surface area contributed by atoms with Crippen molar-refractivity contribution in [3.63, 3.8) is 0 Å². The third kappa shape index (κ3) is 2.74. The van der Waals surface area contributed by atoms with Gasteiger partial charge in [0.15, 0.2) is 0 Å². The van der Waals surface area contributed by atoms with Gasteiger partial charge in [0, 0.05) is 38.8 Å². The molecule has 1 saturated heterocycles. The van der Waals surface area contributed by atoms with Gasteiger partial charge in [0.25, 0.3) is 0 Å². The van der Waals surface area contributed by atoms with Crippen molar-refractivity contribution in [2.45, 2.75) is 6.04 Å². The molecule has 1 atom stereocenters. The van der Waals surface area contributed by atoms with E-state index in [4.69, 9.17) is 11.5 Å². The lowest BCUT2D eigenvalue weighted by molar-refractivity contribution is 0.564. The van der Waals surface area contributed by atoms with Gasteiger partial charge in [-0.05, 0) is 17.7 Å². The lowest BCUT2D eigenvalue weighted by Crippen LogP contribution is -2.43. The van der Waals surface area contributed by atoms with Gasteiger partial charge in [-0.25, -0.2) is 4.39 Å². The van der Waals surface area contributed by atoms with E-state index in [1.54, 1.807) is 6.07 Å². The minimum atomic E-state index is -0.290. The molecule has 0 radical (unpaired) electrons. The van der Waals surface area contributed by atoms with E-state index in [0.717, 1.165) is 31.7 Å². The molecule has 1 aliphatic rings. The molecule has 0 aromatic heterocycles. The number of nitrogens with zero attached hydrogens (tertiary/aromatic N) is 1. The summed E-state index contributed by atoms with van der Waals surface area (Å²) in [5, 5.41) is 3.24. The predicted octanol–water partition coefficient (Wildman–Crippen LogP) is 0.194. The average molecular weight is 238 g/mol. The zero-order valence-electron chi connectivity index (χ0n) is 9.82. The minimum Gasteiger partial charge on any atom is -0.367 e. The Morgan fingerprint density at radius 3 is 2.65 bits per heavy atom. The highest BCUT2D eigenvalue weighted by molar-refractivity contribution is 5.50. The van der Waals surface area contributed by atoms with Crippen LogP contribution in [-0.2, 0) is 0 Å². The quantitative estimate of drug-likeness (QED) is 0.703. The minimum absolute atomic E-state index is 0.215. The van der Waals surface area contributed by atoms with Crippen LogP contribution in [0.5, 0.6) is 0 Å². The SMILES string of the molecule is NCC(N)c1ccc(N2CCNCC2)c(F)c1. The fourth-order valence-electron chi connectivity index (χ4n) is 2.05. The maximum atomic E-state index is 14.0. The monoisotopic (exact) mass is 238 g/mol. The first-order valence-corrected chi connectivity index (χ1v) is 5.93. The molecule has 1 aliphatic heterocycles. The van der Waals surface area contributed by atoms with Gasteiger partial charge in [0.2, 0.25) is 0 Å². The predicted molar refractivity (Wildman–Crippen MR) is 67.5 cm³/mol. The molecule has 0 aliphatic carbocycles. The number of nitrogens with two attached hydrogens (primary N) is 2. The van der Waals surface area contributed by atoms with E-state index < -0.39 is 0 Å². The molecule has 1 unspecified atom stereocenters. The van der Waals surface area contributed by atoms with Gasteiger partial charge in [-0.15, -0.1) is 0 Å². The van der Waals surface area contributed by atoms with Crippen LogP contribution in [0.1, 0.15) is 11.6 Å². The molecule has 0 bridgehead atoms. The fraction of sp³-hybridized carbons (Fsp3) is 0.500. The summed E-state index contributed by atoms with van der Waals surface area (Å²) in [5.74, 6) is -0.215. The first-order chi connectivity index (χ1) is 8.22. The summed E-state index contributed by atoms with van der Waals surface area (Å²) in [7, 11) is 0. The van der Waals surface area contributed by atoms with Gasteiger partial charge in [-0.2, -0.15) is 0 Å². The van der Waals surface area contributed by atoms with Crippen molar-refractivity contribution in [2.75, 3.05) is 37.6 Å². The summed E-state index contributed by atoms with van der Waals surface area (Å²) in [6.45, 7) is 3.78. The van der Waals surface area contributed by atoms with Crippen LogP contribution < -0.4 is 21.7 Å². The molecule has 2 rings (SSSR count). The van der Waals surface area contributed by atoms with Gasteiger partial charge < -0.3 is 21.7 Å². The van der Waals surface area contributed by atoms with Crippen LogP contribution in [0, 0.1) is 5.82 Å². The molecule has 1 aromatic carbocycles. The Morgan fingerprint density at radius 1 is 1.35 bits per heavy atom. The Morgan fingerprint density at radius 2 is 2.06 bits per heavy atom. The van der Waals surface area contributed by atoms with E-state index in [1.165, 1.54) is 6.07 Å². The van der Waals surface area contributed by atoms with E-state index in [9.17, 15) is 4.39 Å². The van der Waals surface area contributed by atoms with Crippen LogP contribution >= 0.6 is 0 Å². The Kier molecular flexibility index (Phi) is 3.93. The van der Waals surface area contributed by atoms with Crippen molar-refractivity contribution < 1.29 is 4.39 Å². The zero-order chi connectivity index (χ0) is 12.3. The summed E-state index contributed by atoms with van der Waals surface area (Å²) in [4.78, 5) is 2.05. The molecule has 4 nitrogen and oxygen atoms in total. The number of rotatable bonds is 3. The molecule has 0 spiro atoms. The van der Waals surface area contributed by atoms with Crippen LogP contribution in [0.3, 0.4) is 0 Å². The van der Waals surface area contributed by atoms with Crippen molar-refractivity contribution >= 4 is 5.69 Å². The highest BCUT2D eigenvalue weighted by Gasteiger charge is 2.15. The van der Waals surface area contributed by atoms with Gasteiger partial charge in [0.05, 0.1) is 5.69 Å². The average Bonchev–Trinajstić information content (AvgIpc) is 2.38. The van der Waals surface area contributed by atoms with Crippen LogP contribution in [0.4, 0.5) is 10.1 Å². The summed E-state index contributed by atoms with van der Waals surface area (Å²) < 4.78 is 14.0. The third-order valence-electron chi connectivity index (χ3n) is 3.11. The zero-order valence-corrected chi connectivity index (χ0v) is 9.82. The topological polar surface area (TPSA) is 67.3 Å². The van der Waals surface area contributed by atoms with Gasteiger partial charge in [0.1, 0.15) is 5.82 Å². The van der Waals surface area contributed by atoms with E-state index in [1.807, 2.05) is 11.0 Å². The van der Waals surface area contributed by atoms with E-state index >= 15 is 0 Å². The molecule has 1 aromatic rings. The Hall–Kier alpha value is -1.17. The molecule has 5 N–H and O–H groups in total. The molecular weight excluding hydrogens is 219 g/mol. The summed E-state index contributed by atoms with van der Waals surface area (Å²) in [6, 6.07) is 4.86. The number of hydrogen-bond donors (Lipinski definition) is 3. The van der Waals surface area contributed by atoms with Crippen LogP contribution in [-0.4, -0.2) is 32.7 Å². The van der Waals surface area contributed by atoms with Crippen LogP contribution in [0.25, 0.3) is 0 Å². The van der Waals surface area contributed by atoms with E-state index in [-0.39, 0.29) is 11.9 Å². The highest BCUT2D eigenvalue weighted by atomic mass is 19.1. The van der Waals surface area contributed by atoms with Crippen molar-refractivity contribution in [3.05, 3.63) is 29.6 Å². The van der Waals surface area contributed by atoms with E-state index in [0.29, 0.717) is 12.2 Å². The second-order valence-electron chi connectivity index (χ2n) is 4.29. The van der Waals surface area contributed by atoms with Gasteiger partial charge >= 0.3 is 0 Å². The largest absolute Gasteiger partial charge is 0.367 e. The second kappa shape index (κ2) is 5.44. The Labute approximate surface area is 101 Å². The first-order valence-electron chi connectivity index (χ1n) is 5.93. The smallest absolute Gasteiger partial charge is 0.146 e. The highest BCUT2D eigenvalue weighted by Crippen LogP contribution is 2.22. The number of nitrogens with one attached hydrogen (secondary N) is 1. The third-order valence-corrected chi connectivity index (χ3v) is 3.11. The molecule has 1 heterocycles. The molecule has 17 heavy (non-hydrogen) atoms. The first kappa shape index (κ1) is 12.3. The summed E-state index contributed by atoms with van der Waals surface area (Å²) >= 11 is 0. The Bertz CT molecular complexity index is 377. The lowest BCUT2D eigenvalue weighted by atomic mass is 10.1. The number of anilines is 1. The number of hydrogen-bond acceptors (Lipinski definition) is 4. The lowest BCUT2D eigenvalue weighted by Gasteiger charge is -2.30. The number of piperazine rings is 1. The maximum Gasteiger partial charge on any atom is 0.146 e. The van der Waals surface area contributed by atoms with Crippen molar-refractivity contribution in [1.82, 2.24) is 5.32 Å². The van der Waals surface area contributed by atoms with Gasteiger partial charge in [-0.1, -0.05) is 6.07 Å². The Balaban J connectivity index is 2.18. The van der Waals surface area contributed by atoms with Crippen LogP contribution in [0.15, 0.2) is 18.2 Å². The summed E-state index contributed by atoms with van der Waals surface area (Å²) in [5.41, 5.74) is 12.7. The number of halogens is 1. The molecule has 1 fully saturated rings. The van der Waals surface area contributed by atoms with Crippen molar-refractivity contribution in [3.8, 4) is 0 Å². The molecule has 0 saturated carbocycles. The maximum absolute atomic E-state index is 14.0. The van der Waals surface area contributed by atoms with Crippen molar-refractivity contribution in [2.24, 2.45) is 11.5 Å². The standard InChI is InChI=1S/C12H19FN4/c13-10-7-9(11(15)8-14)1-2-12(10)17-5-3-16-4-6-17/h1-2,7,11,16H,3-6,8,14-15H2. The van der Waals surface area contributed by atoms with Crippen LogP contribution in [0.2, 0.25) is 0 Å². The molecular formula is C12H19FN4. The molecule has 5 heteroatoms. The normalized spacial score (nSPS) is 18.2. The second-order valence-corrected chi connectivity index (χ2v) is 4.29. The molecule has 0 amide bonds. The van der Waals surface area contributed by atoms with Crippen molar-refractivity contribution in [1.29, 1.82) is 0 Å². The van der Waals surface area contributed by atoms with Gasteiger partial charge in [-0.3, -0.25) is 0 Å². The van der Waals surface area contributed by atoms with E-state index in [2.05, 4.69) is 5.32 Å². The molecule has 94 valence electrons. The fourth-order valence-corrected chi connectivity index (χ4v) is 2.05. The number of benzene rings is 1.